The highest BCUT2D eigenvalue weighted by atomic mass is 16.5. The van der Waals surface area contributed by atoms with E-state index in [0.717, 1.165) is 39.4 Å². The minimum atomic E-state index is -1.82. The Morgan fingerprint density at radius 3 is 2.38 bits per heavy atom. The van der Waals surface area contributed by atoms with Crippen molar-refractivity contribution in [2.45, 2.75) is 19.9 Å². The van der Waals surface area contributed by atoms with E-state index in [2.05, 4.69) is 41.4 Å². The number of nitrogens with one attached hydrogen (secondary N) is 1. The molecule has 0 aromatic heterocycles. The number of carboxylic acid groups (broad SMARTS) is 2. The molecule has 3 N–H and O–H groups in total. The third kappa shape index (κ3) is 8.61. The van der Waals surface area contributed by atoms with Crippen LogP contribution in [0.2, 0.25) is 0 Å². The molecule has 0 bridgehead atoms. The predicted molar refractivity (Wildman–Crippen MR) is 90.0 cm³/mol. The van der Waals surface area contributed by atoms with Gasteiger partial charge in [-0.3, -0.25) is 4.90 Å². The Bertz CT molecular complexity index is 503. The van der Waals surface area contributed by atoms with Crippen LogP contribution in [-0.2, 0) is 20.9 Å². The minimum absolute atomic E-state index is 0.899. The number of hydrogen-bond acceptors (Lipinski definition) is 5. The first kappa shape index (κ1) is 20.1. The molecule has 0 saturated carbocycles. The van der Waals surface area contributed by atoms with Crippen molar-refractivity contribution in [3.63, 3.8) is 0 Å². The third-order valence-electron chi connectivity index (χ3n) is 3.69. The van der Waals surface area contributed by atoms with Gasteiger partial charge >= 0.3 is 11.9 Å². The van der Waals surface area contributed by atoms with Crippen molar-refractivity contribution in [2.75, 3.05) is 39.4 Å². The van der Waals surface area contributed by atoms with Crippen molar-refractivity contribution < 1.29 is 24.5 Å². The molecule has 0 aliphatic carbocycles. The van der Waals surface area contributed by atoms with E-state index in [0.29, 0.717) is 0 Å². The van der Waals surface area contributed by atoms with Gasteiger partial charge in [0.25, 0.3) is 0 Å². The standard InChI is InChI=1S/C15H24N2O.C2H2O4/c1-14-5-2-3-6-15(14)13-16-7-4-8-17-9-11-18-12-10-17;3-1(4)2(5)6/h2-3,5-6,16H,4,7-13H2,1H3;(H,3,4)(H,5,6). The smallest absolute Gasteiger partial charge is 0.414 e. The highest BCUT2D eigenvalue weighted by molar-refractivity contribution is 6.27. The number of rotatable bonds is 6. The van der Waals surface area contributed by atoms with Crippen LogP contribution in [-0.4, -0.2) is 66.4 Å². The maximum atomic E-state index is 9.10. The lowest BCUT2D eigenvalue weighted by Gasteiger charge is -2.26. The monoisotopic (exact) mass is 338 g/mol. The predicted octanol–water partition coefficient (Wildman–Crippen LogP) is 0.963. The van der Waals surface area contributed by atoms with Gasteiger partial charge in [-0.05, 0) is 37.6 Å². The molecule has 0 atom stereocenters. The van der Waals surface area contributed by atoms with Crippen molar-refractivity contribution in [2.24, 2.45) is 0 Å². The molecule has 134 valence electrons. The quantitative estimate of drug-likeness (QED) is 0.525. The highest BCUT2D eigenvalue weighted by Crippen LogP contribution is 2.06. The summed E-state index contributed by atoms with van der Waals surface area (Å²) in [5, 5.41) is 18.3. The van der Waals surface area contributed by atoms with Crippen LogP contribution in [0.3, 0.4) is 0 Å². The number of aryl methyl sites for hydroxylation is 1. The van der Waals surface area contributed by atoms with Gasteiger partial charge in [0.1, 0.15) is 0 Å². The first-order valence-corrected chi connectivity index (χ1v) is 8.02. The maximum absolute atomic E-state index is 9.10. The lowest BCUT2D eigenvalue weighted by atomic mass is 10.1. The van der Waals surface area contributed by atoms with Gasteiger partial charge in [-0.15, -0.1) is 0 Å². The second-order valence-electron chi connectivity index (χ2n) is 5.52. The summed E-state index contributed by atoms with van der Waals surface area (Å²) in [7, 11) is 0. The Balaban J connectivity index is 0.000000413. The van der Waals surface area contributed by atoms with Crippen LogP contribution < -0.4 is 5.32 Å². The fourth-order valence-electron chi connectivity index (χ4n) is 2.28. The van der Waals surface area contributed by atoms with Crippen molar-refractivity contribution in [3.8, 4) is 0 Å². The summed E-state index contributed by atoms with van der Waals surface area (Å²) >= 11 is 0. The van der Waals surface area contributed by atoms with E-state index in [-0.39, 0.29) is 0 Å². The average Bonchev–Trinajstić information content (AvgIpc) is 2.57. The Morgan fingerprint density at radius 2 is 1.79 bits per heavy atom. The zero-order valence-electron chi connectivity index (χ0n) is 14.0. The molecule has 0 unspecified atom stereocenters. The fraction of sp³-hybridized carbons (Fsp3) is 0.529. The van der Waals surface area contributed by atoms with Crippen molar-refractivity contribution in [3.05, 3.63) is 35.4 Å². The van der Waals surface area contributed by atoms with Gasteiger partial charge in [-0.25, -0.2) is 9.59 Å². The van der Waals surface area contributed by atoms with E-state index in [1.54, 1.807) is 0 Å². The second kappa shape index (κ2) is 11.6. The molecule has 24 heavy (non-hydrogen) atoms. The Hall–Kier alpha value is -1.96. The molecule has 1 aliphatic rings. The summed E-state index contributed by atoms with van der Waals surface area (Å²) in [6, 6.07) is 8.57. The van der Waals surface area contributed by atoms with Gasteiger partial charge in [-0.2, -0.15) is 0 Å². The molecule has 1 aromatic rings. The average molecular weight is 338 g/mol. The Kier molecular flexibility index (Phi) is 9.67. The molecule has 0 amide bonds. The van der Waals surface area contributed by atoms with Gasteiger partial charge < -0.3 is 20.3 Å². The van der Waals surface area contributed by atoms with Gasteiger partial charge in [0, 0.05) is 19.6 Å². The first-order valence-electron chi connectivity index (χ1n) is 8.02. The topological polar surface area (TPSA) is 99.1 Å². The Labute approximate surface area is 142 Å². The lowest BCUT2D eigenvalue weighted by Crippen LogP contribution is -2.37. The molecule has 1 saturated heterocycles. The molecule has 1 aromatic carbocycles. The number of aliphatic carboxylic acids is 2. The number of nitrogens with zero attached hydrogens (tertiary/aromatic N) is 1. The van der Waals surface area contributed by atoms with E-state index in [1.165, 1.54) is 24.1 Å². The van der Waals surface area contributed by atoms with Crippen LogP contribution in [0.5, 0.6) is 0 Å². The van der Waals surface area contributed by atoms with Gasteiger partial charge in [0.15, 0.2) is 0 Å². The summed E-state index contributed by atoms with van der Waals surface area (Å²) < 4.78 is 5.34. The van der Waals surface area contributed by atoms with Crippen LogP contribution in [0.1, 0.15) is 17.5 Å². The number of morpholine rings is 1. The zero-order valence-corrected chi connectivity index (χ0v) is 14.0. The maximum Gasteiger partial charge on any atom is 0.414 e. The fourth-order valence-corrected chi connectivity index (χ4v) is 2.28. The number of benzene rings is 1. The van der Waals surface area contributed by atoms with E-state index in [1.807, 2.05) is 0 Å². The zero-order chi connectivity index (χ0) is 17.8. The number of carboxylic acids is 2. The molecular formula is C17H26N2O5. The molecule has 0 radical (unpaired) electrons. The molecule has 1 aliphatic heterocycles. The van der Waals surface area contributed by atoms with E-state index < -0.39 is 11.9 Å². The van der Waals surface area contributed by atoms with E-state index in [9.17, 15) is 0 Å². The van der Waals surface area contributed by atoms with Gasteiger partial charge in [0.2, 0.25) is 0 Å². The molecule has 0 spiro atoms. The summed E-state index contributed by atoms with van der Waals surface area (Å²) in [4.78, 5) is 20.7. The summed E-state index contributed by atoms with van der Waals surface area (Å²) in [6.07, 6.45) is 1.21. The number of hydrogen-bond donors (Lipinski definition) is 3. The molecule has 7 heteroatoms. The van der Waals surface area contributed by atoms with Crippen LogP contribution in [0.25, 0.3) is 0 Å². The lowest BCUT2D eigenvalue weighted by molar-refractivity contribution is -0.159. The summed E-state index contributed by atoms with van der Waals surface area (Å²) in [6.45, 7) is 9.42. The van der Waals surface area contributed by atoms with Crippen LogP contribution in [0.15, 0.2) is 24.3 Å². The van der Waals surface area contributed by atoms with E-state index >= 15 is 0 Å². The highest BCUT2D eigenvalue weighted by Gasteiger charge is 2.08. The largest absolute Gasteiger partial charge is 0.473 e. The summed E-state index contributed by atoms with van der Waals surface area (Å²) in [5.74, 6) is -3.65. The van der Waals surface area contributed by atoms with Crippen LogP contribution in [0.4, 0.5) is 0 Å². The first-order chi connectivity index (χ1) is 11.5. The Morgan fingerprint density at radius 1 is 1.17 bits per heavy atom. The van der Waals surface area contributed by atoms with Crippen molar-refractivity contribution in [1.82, 2.24) is 10.2 Å². The number of ether oxygens (including phenoxy) is 1. The minimum Gasteiger partial charge on any atom is -0.473 e. The molecule has 1 fully saturated rings. The van der Waals surface area contributed by atoms with Crippen LogP contribution >= 0.6 is 0 Å². The normalized spacial score (nSPS) is 14.5. The molecule has 1 heterocycles. The van der Waals surface area contributed by atoms with Crippen molar-refractivity contribution in [1.29, 1.82) is 0 Å². The van der Waals surface area contributed by atoms with Gasteiger partial charge in [0.05, 0.1) is 13.2 Å². The second-order valence-corrected chi connectivity index (χ2v) is 5.52. The third-order valence-corrected chi connectivity index (χ3v) is 3.69. The summed E-state index contributed by atoms with van der Waals surface area (Å²) in [5.41, 5.74) is 2.78. The number of carbonyl (C=O) groups is 2. The SMILES string of the molecule is Cc1ccccc1CNCCCN1CCOCC1.O=C(O)C(=O)O. The van der Waals surface area contributed by atoms with Gasteiger partial charge in [-0.1, -0.05) is 24.3 Å². The molecule has 7 nitrogen and oxygen atoms in total. The molecular weight excluding hydrogens is 312 g/mol. The van der Waals surface area contributed by atoms with Crippen LogP contribution in [0, 0.1) is 6.92 Å². The molecule has 2 rings (SSSR count). The van der Waals surface area contributed by atoms with Crippen molar-refractivity contribution >= 4 is 11.9 Å². The van der Waals surface area contributed by atoms with E-state index in [4.69, 9.17) is 24.5 Å².